The molecule has 0 spiro atoms. The topological polar surface area (TPSA) is 13.1 Å². The lowest BCUT2D eigenvalue weighted by Crippen LogP contribution is -2.16. The van der Waals surface area contributed by atoms with E-state index in [1.54, 1.807) is 0 Å². The number of fused-ring (bicyclic) bond motifs is 2. The van der Waals surface area contributed by atoms with Crippen molar-refractivity contribution in [3.63, 3.8) is 0 Å². The molecule has 0 fully saturated rings. The van der Waals surface area contributed by atoms with E-state index in [1.165, 1.54) is 27.4 Å². The fraction of sp³-hybridized carbons (Fsp3) is 0.120. The van der Waals surface area contributed by atoms with Crippen LogP contribution < -0.4 is 4.90 Å². The lowest BCUT2D eigenvalue weighted by atomic mass is 10.2. The van der Waals surface area contributed by atoms with Gasteiger partial charge in [-0.15, -0.1) is 0 Å². The summed E-state index contributed by atoms with van der Waals surface area (Å²) in [4.78, 5) is 2.35. The summed E-state index contributed by atoms with van der Waals surface area (Å²) in [7, 11) is 4.28. The van der Waals surface area contributed by atoms with Crippen molar-refractivity contribution < 1.29 is 0 Å². The number of benzene rings is 3. The van der Waals surface area contributed by atoms with Gasteiger partial charge >= 0.3 is 0 Å². The highest BCUT2D eigenvalue weighted by Gasteiger charge is 2.20. The highest BCUT2D eigenvalue weighted by Crippen LogP contribution is 2.39. The van der Waals surface area contributed by atoms with Crippen LogP contribution in [0.2, 0.25) is 0 Å². The summed E-state index contributed by atoms with van der Waals surface area (Å²) in [5, 5.41) is 2.49. The minimum atomic E-state index is 1.15. The predicted molar refractivity (Wildman–Crippen MR) is 119 cm³/mol. The van der Waals surface area contributed by atoms with Crippen LogP contribution in [-0.2, 0) is 14.1 Å². The van der Waals surface area contributed by atoms with E-state index in [0.29, 0.717) is 0 Å². The Balaban J connectivity index is 1.80. The number of aromatic nitrogens is 2. The van der Waals surface area contributed by atoms with Crippen LogP contribution in [0.3, 0.4) is 0 Å². The molecule has 5 aromatic rings. The van der Waals surface area contributed by atoms with Gasteiger partial charge in [-0.05, 0) is 43.3 Å². The fourth-order valence-electron chi connectivity index (χ4n) is 4.05. The number of hydrogen-bond acceptors (Lipinski definition) is 1. The molecule has 0 aliphatic rings. The third-order valence-electron chi connectivity index (χ3n) is 5.60. The molecule has 0 atom stereocenters. The van der Waals surface area contributed by atoms with Crippen molar-refractivity contribution >= 4 is 39.1 Å². The van der Waals surface area contributed by atoms with Crippen molar-refractivity contribution in [2.75, 3.05) is 4.90 Å². The van der Waals surface area contributed by atoms with Gasteiger partial charge in [-0.1, -0.05) is 54.1 Å². The van der Waals surface area contributed by atoms with Crippen LogP contribution >= 0.6 is 0 Å². The molecule has 0 aliphatic carbocycles. The van der Waals surface area contributed by atoms with E-state index in [4.69, 9.17) is 0 Å². The van der Waals surface area contributed by atoms with Gasteiger partial charge in [0.2, 0.25) is 0 Å². The molecule has 2 heterocycles. The maximum absolute atomic E-state index is 2.35. The van der Waals surface area contributed by atoms with Gasteiger partial charge in [0.05, 0.1) is 0 Å². The van der Waals surface area contributed by atoms with E-state index in [1.807, 2.05) is 0 Å². The van der Waals surface area contributed by atoms with Crippen LogP contribution in [0.15, 0.2) is 84.9 Å². The molecule has 0 N–H and O–H groups in total. The van der Waals surface area contributed by atoms with E-state index in [2.05, 4.69) is 120 Å². The second-order valence-electron chi connectivity index (χ2n) is 7.41. The molecule has 138 valence electrons. The summed E-state index contributed by atoms with van der Waals surface area (Å²) in [6, 6.07) is 30.4. The highest BCUT2D eigenvalue weighted by molar-refractivity contribution is 5.92. The summed E-state index contributed by atoms with van der Waals surface area (Å²) in [5.41, 5.74) is 4.88. The minimum Gasteiger partial charge on any atom is -0.330 e. The zero-order valence-electron chi connectivity index (χ0n) is 16.4. The standard InChI is InChI=1S/C25H23N3/c1-18-12-14-21(15-13-18)28(24-16-19-8-4-6-10-22(19)26(24)2)25-17-20-9-5-7-11-23(20)27(25)3/h4-17H,1-3H3. The van der Waals surface area contributed by atoms with Crippen molar-refractivity contribution in [2.45, 2.75) is 6.92 Å². The lowest BCUT2D eigenvalue weighted by molar-refractivity contribution is 0.903. The Hall–Kier alpha value is -3.46. The van der Waals surface area contributed by atoms with Crippen LogP contribution in [-0.4, -0.2) is 9.13 Å². The quantitative estimate of drug-likeness (QED) is 0.358. The first-order chi connectivity index (χ1) is 13.6. The van der Waals surface area contributed by atoms with Gasteiger partial charge in [-0.3, -0.25) is 4.90 Å². The smallest absolute Gasteiger partial charge is 0.119 e. The van der Waals surface area contributed by atoms with Gasteiger partial charge in [0, 0.05) is 41.6 Å². The fourth-order valence-corrected chi connectivity index (χ4v) is 4.05. The van der Waals surface area contributed by atoms with Crippen molar-refractivity contribution in [3.8, 4) is 0 Å². The Morgan fingerprint density at radius 3 is 1.54 bits per heavy atom. The van der Waals surface area contributed by atoms with Crippen LogP contribution in [0.1, 0.15) is 5.56 Å². The molecular weight excluding hydrogens is 342 g/mol. The normalized spacial score (nSPS) is 11.4. The highest BCUT2D eigenvalue weighted by atomic mass is 15.3. The SMILES string of the molecule is Cc1ccc(N(c2cc3ccccc3n2C)c2cc3ccccc3n2C)cc1. The number of aryl methyl sites for hydroxylation is 3. The first kappa shape index (κ1) is 16.7. The summed E-state index contributed by atoms with van der Waals surface area (Å²) >= 11 is 0. The number of anilines is 3. The van der Waals surface area contributed by atoms with E-state index in [-0.39, 0.29) is 0 Å². The molecule has 2 aromatic heterocycles. The first-order valence-electron chi connectivity index (χ1n) is 9.59. The second kappa shape index (κ2) is 6.31. The molecule has 0 saturated carbocycles. The molecule has 0 saturated heterocycles. The van der Waals surface area contributed by atoms with E-state index in [0.717, 1.165) is 17.3 Å². The molecule has 3 nitrogen and oxygen atoms in total. The zero-order chi connectivity index (χ0) is 19.3. The van der Waals surface area contributed by atoms with Crippen molar-refractivity contribution in [1.29, 1.82) is 0 Å². The molecule has 0 aliphatic heterocycles. The molecule has 28 heavy (non-hydrogen) atoms. The monoisotopic (exact) mass is 365 g/mol. The maximum Gasteiger partial charge on any atom is 0.119 e. The molecule has 0 unspecified atom stereocenters. The molecule has 0 amide bonds. The number of hydrogen-bond donors (Lipinski definition) is 0. The van der Waals surface area contributed by atoms with Crippen LogP contribution in [0.5, 0.6) is 0 Å². The van der Waals surface area contributed by atoms with Gasteiger partial charge in [0.25, 0.3) is 0 Å². The Morgan fingerprint density at radius 2 is 1.07 bits per heavy atom. The molecule has 3 aromatic carbocycles. The lowest BCUT2D eigenvalue weighted by Gasteiger charge is -2.26. The van der Waals surface area contributed by atoms with Gasteiger partial charge in [0.15, 0.2) is 0 Å². The average Bonchev–Trinajstić information content (AvgIpc) is 3.22. The summed E-state index contributed by atoms with van der Waals surface area (Å²) in [6.45, 7) is 2.13. The van der Waals surface area contributed by atoms with Crippen LogP contribution in [0.4, 0.5) is 17.3 Å². The van der Waals surface area contributed by atoms with Gasteiger partial charge in [0.1, 0.15) is 11.6 Å². The van der Waals surface area contributed by atoms with Gasteiger partial charge in [-0.2, -0.15) is 0 Å². The molecule has 3 heteroatoms. The largest absolute Gasteiger partial charge is 0.330 e. The minimum absolute atomic E-state index is 1.15. The predicted octanol–water partition coefficient (Wildman–Crippen LogP) is 6.45. The molecule has 0 radical (unpaired) electrons. The van der Waals surface area contributed by atoms with Crippen molar-refractivity contribution in [1.82, 2.24) is 9.13 Å². The number of para-hydroxylation sites is 2. The third kappa shape index (κ3) is 2.51. The van der Waals surface area contributed by atoms with Gasteiger partial charge < -0.3 is 9.13 Å². The van der Waals surface area contributed by atoms with Crippen LogP contribution in [0.25, 0.3) is 21.8 Å². The molecule has 0 bridgehead atoms. The molecular formula is C25H23N3. The second-order valence-corrected chi connectivity index (χ2v) is 7.41. The number of rotatable bonds is 3. The van der Waals surface area contributed by atoms with E-state index in [9.17, 15) is 0 Å². The third-order valence-corrected chi connectivity index (χ3v) is 5.60. The van der Waals surface area contributed by atoms with Crippen molar-refractivity contribution in [2.24, 2.45) is 14.1 Å². The van der Waals surface area contributed by atoms with Crippen LogP contribution in [0, 0.1) is 6.92 Å². The summed E-state index contributed by atoms with van der Waals surface area (Å²) in [6.07, 6.45) is 0. The van der Waals surface area contributed by atoms with E-state index >= 15 is 0 Å². The Kier molecular flexibility index (Phi) is 3.76. The summed E-state index contributed by atoms with van der Waals surface area (Å²) < 4.78 is 4.54. The van der Waals surface area contributed by atoms with E-state index < -0.39 is 0 Å². The maximum atomic E-state index is 2.35. The first-order valence-corrected chi connectivity index (χ1v) is 9.59. The van der Waals surface area contributed by atoms with Gasteiger partial charge in [-0.25, -0.2) is 0 Å². The zero-order valence-corrected chi connectivity index (χ0v) is 16.4. The molecule has 5 rings (SSSR count). The summed E-state index contributed by atoms with van der Waals surface area (Å²) in [5.74, 6) is 2.30. The Bertz CT molecular complexity index is 1210. The van der Waals surface area contributed by atoms with Crippen molar-refractivity contribution in [3.05, 3.63) is 90.5 Å². The Morgan fingerprint density at radius 1 is 0.607 bits per heavy atom. The number of nitrogens with zero attached hydrogens (tertiary/aromatic N) is 3. The average molecular weight is 365 g/mol. The Labute approximate surface area is 165 Å².